The fourth-order valence-electron chi connectivity index (χ4n) is 3.28. The predicted octanol–water partition coefficient (Wildman–Crippen LogP) is 3.77. The van der Waals surface area contributed by atoms with Crippen molar-refractivity contribution in [3.05, 3.63) is 58.4 Å². The smallest absolute Gasteiger partial charge is 0.158 e. The van der Waals surface area contributed by atoms with Crippen LogP contribution in [0.1, 0.15) is 17.5 Å². The molecule has 0 unspecified atom stereocenters. The minimum atomic E-state index is -0.155. The Labute approximate surface area is 163 Å². The highest BCUT2D eigenvalue weighted by Gasteiger charge is 2.22. The largest absolute Gasteiger partial charge is 0.497 e. The molecule has 142 valence electrons. The molecule has 1 fully saturated rings. The lowest BCUT2D eigenvalue weighted by Gasteiger charge is -2.30. The lowest BCUT2D eigenvalue weighted by molar-refractivity contribution is -0.192. The molecule has 27 heavy (non-hydrogen) atoms. The second-order valence-electron chi connectivity index (χ2n) is 6.70. The van der Waals surface area contributed by atoms with Gasteiger partial charge in [-0.2, -0.15) is 11.3 Å². The van der Waals surface area contributed by atoms with Crippen molar-refractivity contribution >= 4 is 22.2 Å². The maximum absolute atomic E-state index is 5.92. The number of nitrogens with one attached hydrogen (secondary N) is 1. The highest BCUT2D eigenvalue weighted by Crippen LogP contribution is 2.24. The predicted molar refractivity (Wildman–Crippen MR) is 107 cm³/mol. The fraction of sp³-hybridized carbons (Fsp3) is 0.381. The average molecular weight is 385 g/mol. The van der Waals surface area contributed by atoms with E-state index in [9.17, 15) is 0 Å². The first-order valence-electron chi connectivity index (χ1n) is 9.21. The van der Waals surface area contributed by atoms with E-state index < -0.39 is 0 Å². The van der Waals surface area contributed by atoms with Crippen LogP contribution in [0.5, 0.6) is 5.75 Å². The molecule has 1 aromatic carbocycles. The van der Waals surface area contributed by atoms with Gasteiger partial charge in [-0.3, -0.25) is 4.98 Å². The van der Waals surface area contributed by atoms with Gasteiger partial charge in [-0.05, 0) is 58.6 Å². The third-order valence-electron chi connectivity index (χ3n) is 4.83. The van der Waals surface area contributed by atoms with E-state index in [1.165, 1.54) is 11.1 Å². The Morgan fingerprint density at radius 1 is 1.22 bits per heavy atom. The molecule has 0 spiro atoms. The van der Waals surface area contributed by atoms with E-state index in [1.807, 2.05) is 24.4 Å². The molecular formula is C21H24N2O3S. The zero-order valence-corrected chi connectivity index (χ0v) is 16.2. The summed E-state index contributed by atoms with van der Waals surface area (Å²) in [5, 5.41) is 8.88. The summed E-state index contributed by atoms with van der Waals surface area (Å²) in [6.07, 6.45) is 3.41. The normalized spacial score (nSPS) is 20.0. The van der Waals surface area contributed by atoms with Crippen molar-refractivity contribution in [3.8, 4) is 5.75 Å². The van der Waals surface area contributed by atoms with Crippen molar-refractivity contribution in [2.45, 2.75) is 31.7 Å². The maximum atomic E-state index is 5.92. The van der Waals surface area contributed by atoms with Crippen molar-refractivity contribution in [1.29, 1.82) is 0 Å². The van der Waals surface area contributed by atoms with Gasteiger partial charge in [0.15, 0.2) is 6.29 Å². The quantitative estimate of drug-likeness (QED) is 0.672. The van der Waals surface area contributed by atoms with Crippen molar-refractivity contribution in [2.24, 2.45) is 0 Å². The van der Waals surface area contributed by atoms with E-state index in [4.69, 9.17) is 14.2 Å². The number of hydrogen-bond acceptors (Lipinski definition) is 6. The van der Waals surface area contributed by atoms with Crippen LogP contribution in [0.2, 0.25) is 0 Å². The standard InChI is InChI=1S/C21H24N2O3S/c1-24-18-3-4-20-19(10-18)16(6-8-22-20)2-5-21-25-12-17(13-26-21)23-11-15-7-9-27-14-15/h3-4,6-10,14,17,21,23H,2,5,11-13H2,1H3/t17-,21-. The molecule has 3 heterocycles. The van der Waals surface area contributed by atoms with E-state index in [1.54, 1.807) is 18.4 Å². The van der Waals surface area contributed by atoms with Crippen LogP contribution < -0.4 is 10.1 Å². The summed E-state index contributed by atoms with van der Waals surface area (Å²) in [4.78, 5) is 4.44. The SMILES string of the molecule is COc1ccc2nccc(CC[C@H]3OC[C@H](NCc4ccsc4)CO3)c2c1. The van der Waals surface area contributed by atoms with Crippen LogP contribution in [0.3, 0.4) is 0 Å². The van der Waals surface area contributed by atoms with E-state index in [0.717, 1.165) is 36.0 Å². The number of benzene rings is 1. The number of aromatic nitrogens is 1. The molecule has 0 radical (unpaired) electrons. The zero-order chi connectivity index (χ0) is 18.5. The minimum absolute atomic E-state index is 0.155. The highest BCUT2D eigenvalue weighted by atomic mass is 32.1. The zero-order valence-electron chi connectivity index (χ0n) is 15.4. The Balaban J connectivity index is 1.29. The van der Waals surface area contributed by atoms with Gasteiger partial charge in [0.25, 0.3) is 0 Å². The molecule has 3 aromatic rings. The molecule has 4 rings (SSSR count). The number of nitrogens with zero attached hydrogens (tertiary/aromatic N) is 1. The van der Waals surface area contributed by atoms with Crippen LogP contribution in [0, 0.1) is 0 Å². The maximum Gasteiger partial charge on any atom is 0.158 e. The Morgan fingerprint density at radius 2 is 2.11 bits per heavy atom. The Hall–Kier alpha value is -1.99. The monoisotopic (exact) mass is 384 g/mol. The molecule has 1 aliphatic rings. The fourth-order valence-corrected chi connectivity index (χ4v) is 3.95. The third-order valence-corrected chi connectivity index (χ3v) is 5.56. The summed E-state index contributed by atoms with van der Waals surface area (Å²) >= 11 is 1.72. The van der Waals surface area contributed by atoms with Gasteiger partial charge in [-0.15, -0.1) is 0 Å². The average Bonchev–Trinajstić information content (AvgIpc) is 3.24. The molecule has 0 aliphatic carbocycles. The Bertz CT molecular complexity index is 861. The Morgan fingerprint density at radius 3 is 2.89 bits per heavy atom. The first-order chi connectivity index (χ1) is 13.3. The van der Waals surface area contributed by atoms with Gasteiger partial charge < -0.3 is 19.5 Å². The molecular weight excluding hydrogens is 360 g/mol. The van der Waals surface area contributed by atoms with Gasteiger partial charge in [0.05, 0.1) is 31.9 Å². The summed E-state index contributed by atoms with van der Waals surface area (Å²) in [5.41, 5.74) is 3.53. The minimum Gasteiger partial charge on any atom is -0.497 e. The molecule has 1 aliphatic heterocycles. The first-order valence-corrected chi connectivity index (χ1v) is 10.2. The highest BCUT2D eigenvalue weighted by molar-refractivity contribution is 7.07. The van der Waals surface area contributed by atoms with Crippen molar-refractivity contribution < 1.29 is 14.2 Å². The number of thiophene rings is 1. The van der Waals surface area contributed by atoms with E-state index >= 15 is 0 Å². The number of hydrogen-bond donors (Lipinski definition) is 1. The summed E-state index contributed by atoms with van der Waals surface area (Å²) in [5.74, 6) is 0.849. The first kappa shape index (κ1) is 18.4. The molecule has 2 aromatic heterocycles. The van der Waals surface area contributed by atoms with E-state index in [-0.39, 0.29) is 12.3 Å². The summed E-state index contributed by atoms with van der Waals surface area (Å²) in [6.45, 7) is 2.22. The van der Waals surface area contributed by atoms with Crippen molar-refractivity contribution in [2.75, 3.05) is 20.3 Å². The van der Waals surface area contributed by atoms with E-state index in [0.29, 0.717) is 13.2 Å². The number of rotatable bonds is 7. The number of methoxy groups -OCH3 is 1. The molecule has 0 saturated carbocycles. The van der Waals surface area contributed by atoms with Gasteiger partial charge in [0.2, 0.25) is 0 Å². The second kappa shape index (κ2) is 8.80. The summed E-state index contributed by atoms with van der Waals surface area (Å²) < 4.78 is 17.2. The number of pyridine rings is 1. The van der Waals surface area contributed by atoms with Gasteiger partial charge in [-0.1, -0.05) is 0 Å². The summed E-state index contributed by atoms with van der Waals surface area (Å²) in [7, 11) is 1.68. The van der Waals surface area contributed by atoms with Crippen molar-refractivity contribution in [1.82, 2.24) is 10.3 Å². The Kier molecular flexibility index (Phi) is 5.99. The number of fused-ring (bicyclic) bond motifs is 1. The number of ether oxygens (including phenoxy) is 3. The lowest BCUT2D eigenvalue weighted by atomic mass is 10.0. The molecule has 0 bridgehead atoms. The van der Waals surface area contributed by atoms with Gasteiger partial charge in [-0.25, -0.2) is 0 Å². The van der Waals surface area contributed by atoms with Crippen molar-refractivity contribution in [3.63, 3.8) is 0 Å². The van der Waals surface area contributed by atoms with Crippen LogP contribution in [0.25, 0.3) is 10.9 Å². The van der Waals surface area contributed by atoms with Crippen LogP contribution in [0.4, 0.5) is 0 Å². The topological polar surface area (TPSA) is 52.6 Å². The van der Waals surface area contributed by atoms with Gasteiger partial charge in [0.1, 0.15) is 5.75 Å². The third kappa shape index (κ3) is 4.65. The molecule has 1 N–H and O–H groups in total. The van der Waals surface area contributed by atoms with Gasteiger partial charge >= 0.3 is 0 Å². The molecule has 1 saturated heterocycles. The van der Waals surface area contributed by atoms with E-state index in [2.05, 4.69) is 33.2 Å². The van der Waals surface area contributed by atoms with Gasteiger partial charge in [0, 0.05) is 24.5 Å². The number of aryl methyl sites for hydroxylation is 1. The molecule has 6 heteroatoms. The lowest BCUT2D eigenvalue weighted by Crippen LogP contribution is -2.44. The summed E-state index contributed by atoms with van der Waals surface area (Å²) in [6, 6.07) is 10.4. The van der Waals surface area contributed by atoms with Crippen LogP contribution in [0.15, 0.2) is 47.3 Å². The molecule has 5 nitrogen and oxygen atoms in total. The van der Waals surface area contributed by atoms with Crippen LogP contribution in [-0.4, -0.2) is 37.6 Å². The second-order valence-corrected chi connectivity index (χ2v) is 7.48. The van der Waals surface area contributed by atoms with Crippen LogP contribution >= 0.6 is 11.3 Å². The molecule has 0 amide bonds. The van der Waals surface area contributed by atoms with Crippen LogP contribution in [-0.2, 0) is 22.4 Å². The molecule has 0 atom stereocenters.